The average Bonchev–Trinajstić information content (AvgIpc) is 2.61. The number of aromatic nitrogens is 2. The number of carbonyl (C=O) groups is 1. The summed E-state index contributed by atoms with van der Waals surface area (Å²) in [6.07, 6.45) is 0. The van der Waals surface area contributed by atoms with Crippen LogP contribution in [-0.4, -0.2) is 34.8 Å². The van der Waals surface area contributed by atoms with Crippen LogP contribution in [0.15, 0.2) is 24.3 Å². The lowest BCUT2D eigenvalue weighted by atomic mass is 10.2. The van der Waals surface area contributed by atoms with Crippen LogP contribution in [0, 0.1) is 0 Å². The molecule has 0 spiro atoms. The maximum Gasteiger partial charge on any atom is 0.406 e. The van der Waals surface area contributed by atoms with Crippen molar-refractivity contribution in [2.75, 3.05) is 6.61 Å². The molecule has 0 atom stereocenters. The van der Waals surface area contributed by atoms with Crippen LogP contribution in [0.1, 0.15) is 17.4 Å². The monoisotopic (exact) mass is 316 g/mol. The van der Waals surface area contributed by atoms with Crippen molar-refractivity contribution < 1.29 is 31.7 Å². The van der Waals surface area contributed by atoms with Crippen molar-refractivity contribution in [1.82, 2.24) is 4.68 Å². The van der Waals surface area contributed by atoms with Crippen molar-refractivity contribution in [2.24, 2.45) is 14.1 Å². The average molecular weight is 316 g/mol. The molecule has 21 heavy (non-hydrogen) atoms. The third-order valence-electron chi connectivity index (χ3n) is 2.75. The predicted octanol–water partition coefficient (Wildman–Crippen LogP) is 0.184. The van der Waals surface area contributed by atoms with E-state index in [1.807, 2.05) is 54.6 Å². The Balaban J connectivity index is 0.000000383. The van der Waals surface area contributed by atoms with E-state index in [-0.39, 0.29) is 5.97 Å². The predicted molar refractivity (Wildman–Crippen MR) is 72.4 cm³/mol. The van der Waals surface area contributed by atoms with Gasteiger partial charge in [-0.25, -0.2) is 13.2 Å². The molecule has 8 nitrogen and oxygen atoms in total. The number of benzene rings is 1. The summed E-state index contributed by atoms with van der Waals surface area (Å²) in [7, 11) is -1.14. The van der Waals surface area contributed by atoms with Gasteiger partial charge in [0.2, 0.25) is 10.4 Å². The van der Waals surface area contributed by atoms with E-state index in [0.717, 1.165) is 10.9 Å². The fraction of sp³-hybridized carbons (Fsp3) is 0.333. The van der Waals surface area contributed by atoms with Gasteiger partial charge in [-0.15, -0.1) is 4.68 Å². The van der Waals surface area contributed by atoms with Gasteiger partial charge in [-0.2, -0.15) is 4.68 Å². The Labute approximate surface area is 122 Å². The molecule has 0 aliphatic carbocycles. The fourth-order valence-electron chi connectivity index (χ4n) is 1.88. The first-order chi connectivity index (χ1) is 9.66. The van der Waals surface area contributed by atoms with E-state index >= 15 is 0 Å². The summed E-state index contributed by atoms with van der Waals surface area (Å²) in [6, 6.07) is 7.79. The number of aryl methyl sites for hydroxylation is 1. The van der Waals surface area contributed by atoms with Crippen LogP contribution >= 0.6 is 0 Å². The zero-order valence-corrected chi connectivity index (χ0v) is 12.6. The highest BCUT2D eigenvalue weighted by atomic mass is 32.3. The van der Waals surface area contributed by atoms with Gasteiger partial charge in [-0.1, -0.05) is 12.1 Å². The minimum Gasteiger partial charge on any atom is -0.726 e. The van der Waals surface area contributed by atoms with Crippen LogP contribution in [0.3, 0.4) is 0 Å². The Hall–Kier alpha value is -1.97. The number of carbonyl (C=O) groups excluding carboxylic acids is 1. The molecule has 2 aromatic rings. The van der Waals surface area contributed by atoms with Crippen molar-refractivity contribution in [3.63, 3.8) is 0 Å². The smallest absolute Gasteiger partial charge is 0.406 e. The summed E-state index contributed by atoms with van der Waals surface area (Å²) in [4.78, 5) is 11.8. The Kier molecular flexibility index (Phi) is 5.41. The molecule has 1 aromatic carbocycles. The number of ether oxygens (including phenoxy) is 1. The van der Waals surface area contributed by atoms with E-state index < -0.39 is 10.4 Å². The molecule has 0 amide bonds. The molecule has 0 saturated carbocycles. The van der Waals surface area contributed by atoms with Crippen LogP contribution in [0.2, 0.25) is 0 Å². The summed E-state index contributed by atoms with van der Waals surface area (Å²) in [5.74, 6) is -0.276. The molecule has 0 fully saturated rings. The molecule has 9 heteroatoms. The topological polar surface area (TPSA) is 113 Å². The third kappa shape index (κ3) is 4.52. The molecule has 0 saturated heterocycles. The van der Waals surface area contributed by atoms with E-state index in [2.05, 4.69) is 0 Å². The highest BCUT2D eigenvalue weighted by Gasteiger charge is 2.27. The zero-order valence-electron chi connectivity index (χ0n) is 11.8. The number of fused-ring (bicyclic) bond motifs is 1. The minimum atomic E-state index is -4.92. The van der Waals surface area contributed by atoms with Gasteiger partial charge in [0.05, 0.1) is 19.0 Å². The van der Waals surface area contributed by atoms with Gasteiger partial charge in [-0.3, -0.25) is 4.55 Å². The maximum absolute atomic E-state index is 11.8. The van der Waals surface area contributed by atoms with Gasteiger partial charge < -0.3 is 9.29 Å². The molecule has 2 rings (SSSR count). The molecule has 0 bridgehead atoms. The van der Waals surface area contributed by atoms with Crippen molar-refractivity contribution in [2.45, 2.75) is 6.92 Å². The SMILES string of the molecule is CCOC(=O)c1c2ccccc2n(C)[n+]1C.O=S(=O)([O-])O. The number of nitrogens with zero attached hydrogens (tertiary/aromatic N) is 2. The molecule has 0 aliphatic rings. The Morgan fingerprint density at radius 2 is 1.95 bits per heavy atom. The van der Waals surface area contributed by atoms with Gasteiger partial charge in [0.15, 0.2) is 7.05 Å². The number of rotatable bonds is 2. The van der Waals surface area contributed by atoms with Crippen LogP contribution in [0.25, 0.3) is 10.9 Å². The third-order valence-corrected chi connectivity index (χ3v) is 2.75. The van der Waals surface area contributed by atoms with Gasteiger partial charge in [0, 0.05) is 0 Å². The molecule has 1 heterocycles. The van der Waals surface area contributed by atoms with Gasteiger partial charge in [0.1, 0.15) is 5.52 Å². The first-order valence-electron chi connectivity index (χ1n) is 5.96. The van der Waals surface area contributed by atoms with E-state index in [1.165, 1.54) is 0 Å². The lowest BCUT2D eigenvalue weighted by Crippen LogP contribution is -2.42. The highest BCUT2D eigenvalue weighted by molar-refractivity contribution is 7.79. The summed E-state index contributed by atoms with van der Waals surface area (Å²) in [5, 5.41) is 0.922. The van der Waals surface area contributed by atoms with Crippen molar-refractivity contribution in [3.8, 4) is 0 Å². The van der Waals surface area contributed by atoms with Crippen molar-refractivity contribution in [1.29, 1.82) is 0 Å². The first-order valence-corrected chi connectivity index (χ1v) is 7.32. The first kappa shape index (κ1) is 17.1. The number of hydrogen-bond donors (Lipinski definition) is 1. The lowest BCUT2D eigenvalue weighted by Gasteiger charge is -1.96. The second-order valence-electron chi connectivity index (χ2n) is 4.06. The Bertz CT molecular complexity index is 742. The summed E-state index contributed by atoms with van der Waals surface area (Å²) < 4.78 is 41.6. The quantitative estimate of drug-likeness (QED) is 0.366. The lowest BCUT2D eigenvalue weighted by molar-refractivity contribution is -0.750. The van der Waals surface area contributed by atoms with Crippen LogP contribution in [-0.2, 0) is 29.2 Å². The fourth-order valence-corrected chi connectivity index (χ4v) is 1.88. The molecule has 1 N–H and O–H groups in total. The summed E-state index contributed by atoms with van der Waals surface area (Å²) in [5.41, 5.74) is 1.62. The zero-order chi connectivity index (χ0) is 16.2. The number of hydrogen-bond acceptors (Lipinski definition) is 5. The van der Waals surface area contributed by atoms with E-state index in [9.17, 15) is 4.79 Å². The van der Waals surface area contributed by atoms with Crippen LogP contribution in [0.5, 0.6) is 0 Å². The molecular weight excluding hydrogens is 300 g/mol. The largest absolute Gasteiger partial charge is 0.726 e. The molecular formula is C12H16N2O6S. The van der Waals surface area contributed by atoms with Crippen molar-refractivity contribution in [3.05, 3.63) is 30.0 Å². The summed E-state index contributed by atoms with van der Waals surface area (Å²) in [6.45, 7) is 2.20. The summed E-state index contributed by atoms with van der Waals surface area (Å²) >= 11 is 0. The second kappa shape index (κ2) is 6.66. The second-order valence-corrected chi connectivity index (χ2v) is 4.92. The van der Waals surface area contributed by atoms with E-state index in [1.54, 1.807) is 0 Å². The molecule has 1 aromatic heterocycles. The molecule has 0 aliphatic heterocycles. The maximum atomic E-state index is 11.8. The Morgan fingerprint density at radius 3 is 2.48 bits per heavy atom. The highest BCUT2D eigenvalue weighted by Crippen LogP contribution is 2.16. The van der Waals surface area contributed by atoms with E-state index in [4.69, 9.17) is 22.3 Å². The van der Waals surface area contributed by atoms with Gasteiger partial charge >= 0.3 is 11.7 Å². The molecule has 116 valence electrons. The van der Waals surface area contributed by atoms with Gasteiger partial charge in [-0.05, 0) is 19.1 Å². The molecule has 0 unspecified atom stereocenters. The van der Waals surface area contributed by atoms with Crippen molar-refractivity contribution >= 4 is 27.3 Å². The van der Waals surface area contributed by atoms with Gasteiger partial charge in [0.25, 0.3) is 0 Å². The normalized spacial score (nSPS) is 10.9. The van der Waals surface area contributed by atoms with Crippen LogP contribution < -0.4 is 4.68 Å². The Morgan fingerprint density at radius 1 is 1.43 bits per heavy atom. The van der Waals surface area contributed by atoms with Crippen LogP contribution in [0.4, 0.5) is 0 Å². The number of esters is 1. The van der Waals surface area contributed by atoms with E-state index in [0.29, 0.717) is 12.3 Å². The molecule has 0 radical (unpaired) electrons. The number of para-hydroxylation sites is 1. The minimum absolute atomic E-state index is 0.276. The standard InChI is InChI=1S/C12H15N2O2.H2O4S/c1-4-16-12(15)11-9-7-5-6-8-10(9)13(2)14(11)3;1-5(2,3)4/h5-8H,4H2,1-3H3;(H2,1,2,3,4)/q+1;/p-1.